The Labute approximate surface area is 112 Å². The monoisotopic (exact) mass is 256 g/mol. The van der Waals surface area contributed by atoms with E-state index in [-0.39, 0.29) is 12.2 Å². The molecule has 0 saturated carbocycles. The molecule has 3 nitrogen and oxygen atoms in total. The fourth-order valence-corrected chi connectivity index (χ4v) is 2.21. The van der Waals surface area contributed by atoms with Crippen molar-refractivity contribution in [1.82, 2.24) is 0 Å². The highest BCUT2D eigenvalue weighted by Gasteiger charge is 2.41. The molecule has 3 rings (SSSR count). The average molecular weight is 256 g/mol. The molecule has 98 valence electrons. The number of hydrogen-bond donors (Lipinski definition) is 0. The third-order valence-corrected chi connectivity index (χ3v) is 3.38. The van der Waals surface area contributed by atoms with Crippen LogP contribution in [0.1, 0.15) is 23.3 Å². The number of hydrogen-bond acceptors (Lipinski definition) is 3. The van der Waals surface area contributed by atoms with Crippen LogP contribution in [0.4, 0.5) is 0 Å². The second-order valence-electron chi connectivity index (χ2n) is 4.52. The molecule has 19 heavy (non-hydrogen) atoms. The first-order valence-corrected chi connectivity index (χ1v) is 6.25. The maximum atomic E-state index is 5.75. The Morgan fingerprint density at radius 1 is 0.684 bits per heavy atom. The predicted octanol–water partition coefficient (Wildman–Crippen LogP) is 3.52. The van der Waals surface area contributed by atoms with E-state index in [0.29, 0.717) is 0 Å². The molecule has 3 heteroatoms. The molecule has 2 aromatic rings. The van der Waals surface area contributed by atoms with Gasteiger partial charge >= 0.3 is 0 Å². The van der Waals surface area contributed by atoms with Gasteiger partial charge < -0.3 is 14.2 Å². The van der Waals surface area contributed by atoms with Gasteiger partial charge in [0.05, 0.1) is 14.2 Å². The van der Waals surface area contributed by atoms with Crippen molar-refractivity contribution in [2.75, 3.05) is 14.2 Å². The number of rotatable bonds is 4. The maximum absolute atomic E-state index is 5.75. The first kappa shape index (κ1) is 12.1. The summed E-state index contributed by atoms with van der Waals surface area (Å²) in [6.07, 6.45) is 0.304. The van der Waals surface area contributed by atoms with Crippen molar-refractivity contribution in [1.29, 1.82) is 0 Å². The van der Waals surface area contributed by atoms with Gasteiger partial charge in [0.15, 0.2) is 0 Å². The second-order valence-corrected chi connectivity index (χ2v) is 4.52. The number of methoxy groups -OCH3 is 2. The Bertz CT molecular complexity index is 494. The fraction of sp³-hybridized carbons (Fsp3) is 0.250. The molecule has 0 spiro atoms. The standard InChI is InChI=1S/C16H16O3/c1-17-13-7-3-11(4-8-13)15-16(19-15)12-5-9-14(18-2)10-6-12/h3-10,15-16H,1-2H3/t15-,16+. The lowest BCUT2D eigenvalue weighted by molar-refractivity contribution is 0.377. The van der Waals surface area contributed by atoms with Gasteiger partial charge in [-0.1, -0.05) is 24.3 Å². The zero-order valence-corrected chi connectivity index (χ0v) is 11.0. The molecule has 0 amide bonds. The van der Waals surface area contributed by atoms with Crippen molar-refractivity contribution in [3.05, 3.63) is 59.7 Å². The van der Waals surface area contributed by atoms with Crippen LogP contribution in [-0.4, -0.2) is 14.2 Å². The van der Waals surface area contributed by atoms with E-state index in [1.165, 1.54) is 11.1 Å². The summed E-state index contributed by atoms with van der Waals surface area (Å²) in [6.45, 7) is 0. The van der Waals surface area contributed by atoms with Crippen LogP contribution < -0.4 is 9.47 Å². The normalized spacial score (nSPS) is 20.9. The molecule has 0 aromatic heterocycles. The van der Waals surface area contributed by atoms with E-state index in [4.69, 9.17) is 14.2 Å². The highest BCUT2D eigenvalue weighted by molar-refractivity contribution is 5.36. The van der Waals surface area contributed by atoms with Gasteiger partial charge in [0.25, 0.3) is 0 Å². The Balaban J connectivity index is 1.72. The highest BCUT2D eigenvalue weighted by atomic mass is 16.6. The van der Waals surface area contributed by atoms with Crippen LogP contribution in [0, 0.1) is 0 Å². The molecule has 0 bridgehead atoms. The van der Waals surface area contributed by atoms with Gasteiger partial charge in [0.2, 0.25) is 0 Å². The number of benzene rings is 2. The smallest absolute Gasteiger partial charge is 0.118 e. The second kappa shape index (κ2) is 4.94. The predicted molar refractivity (Wildman–Crippen MR) is 72.6 cm³/mol. The van der Waals surface area contributed by atoms with Crippen molar-refractivity contribution in [2.24, 2.45) is 0 Å². The van der Waals surface area contributed by atoms with E-state index in [1.807, 2.05) is 48.5 Å². The molecule has 1 aliphatic heterocycles. The Kier molecular flexibility index (Phi) is 3.13. The van der Waals surface area contributed by atoms with Crippen LogP contribution in [0.2, 0.25) is 0 Å². The minimum Gasteiger partial charge on any atom is -0.497 e. The number of ether oxygens (including phenoxy) is 3. The largest absolute Gasteiger partial charge is 0.497 e. The molecule has 0 unspecified atom stereocenters. The van der Waals surface area contributed by atoms with Gasteiger partial charge in [0, 0.05) is 0 Å². The summed E-state index contributed by atoms with van der Waals surface area (Å²) in [5.41, 5.74) is 2.36. The van der Waals surface area contributed by atoms with Crippen LogP contribution >= 0.6 is 0 Å². The van der Waals surface area contributed by atoms with Crippen molar-refractivity contribution in [3.63, 3.8) is 0 Å². The number of epoxide rings is 1. The quantitative estimate of drug-likeness (QED) is 0.784. The molecule has 0 radical (unpaired) electrons. The molecule has 1 saturated heterocycles. The van der Waals surface area contributed by atoms with E-state index in [1.54, 1.807) is 14.2 Å². The topological polar surface area (TPSA) is 31.0 Å². The summed E-state index contributed by atoms with van der Waals surface area (Å²) in [7, 11) is 3.34. The summed E-state index contributed by atoms with van der Waals surface area (Å²) < 4.78 is 16.1. The first-order valence-electron chi connectivity index (χ1n) is 6.25. The summed E-state index contributed by atoms with van der Waals surface area (Å²) >= 11 is 0. The summed E-state index contributed by atoms with van der Waals surface area (Å²) in [6, 6.07) is 16.0. The minimum absolute atomic E-state index is 0.152. The van der Waals surface area contributed by atoms with E-state index in [9.17, 15) is 0 Å². The van der Waals surface area contributed by atoms with E-state index >= 15 is 0 Å². The van der Waals surface area contributed by atoms with Gasteiger partial charge in [-0.25, -0.2) is 0 Å². The van der Waals surface area contributed by atoms with Gasteiger partial charge in [0.1, 0.15) is 23.7 Å². The van der Waals surface area contributed by atoms with Crippen molar-refractivity contribution >= 4 is 0 Å². The highest BCUT2D eigenvalue weighted by Crippen LogP contribution is 2.51. The zero-order chi connectivity index (χ0) is 13.2. The lowest BCUT2D eigenvalue weighted by Crippen LogP contribution is -1.87. The minimum atomic E-state index is 0.152. The van der Waals surface area contributed by atoms with E-state index in [2.05, 4.69) is 0 Å². The van der Waals surface area contributed by atoms with Crippen LogP contribution in [0.5, 0.6) is 11.5 Å². The Hall–Kier alpha value is -2.00. The van der Waals surface area contributed by atoms with Crippen molar-refractivity contribution < 1.29 is 14.2 Å². The molecule has 1 heterocycles. The lowest BCUT2D eigenvalue weighted by Gasteiger charge is -2.02. The maximum Gasteiger partial charge on any atom is 0.118 e. The molecule has 0 N–H and O–H groups in total. The fourth-order valence-electron chi connectivity index (χ4n) is 2.21. The van der Waals surface area contributed by atoms with Gasteiger partial charge in [-0.15, -0.1) is 0 Å². The molecular formula is C16H16O3. The van der Waals surface area contributed by atoms with Crippen molar-refractivity contribution in [3.8, 4) is 11.5 Å². The molecule has 2 atom stereocenters. The Morgan fingerprint density at radius 3 is 1.37 bits per heavy atom. The molecule has 0 aliphatic carbocycles. The summed E-state index contributed by atoms with van der Waals surface area (Å²) in [5, 5.41) is 0. The average Bonchev–Trinajstić information content (AvgIpc) is 3.28. The van der Waals surface area contributed by atoms with Crippen molar-refractivity contribution in [2.45, 2.75) is 12.2 Å². The van der Waals surface area contributed by atoms with Crippen LogP contribution in [0.3, 0.4) is 0 Å². The molecular weight excluding hydrogens is 240 g/mol. The van der Waals surface area contributed by atoms with Crippen LogP contribution in [-0.2, 0) is 4.74 Å². The van der Waals surface area contributed by atoms with Gasteiger partial charge in [-0.05, 0) is 35.4 Å². The molecule has 1 fully saturated rings. The molecule has 1 aliphatic rings. The van der Waals surface area contributed by atoms with E-state index in [0.717, 1.165) is 11.5 Å². The van der Waals surface area contributed by atoms with Crippen LogP contribution in [0.25, 0.3) is 0 Å². The van der Waals surface area contributed by atoms with E-state index < -0.39 is 0 Å². The lowest BCUT2D eigenvalue weighted by atomic mass is 10.0. The SMILES string of the molecule is COc1ccc([C@H]2O[C@H]2c2ccc(OC)cc2)cc1. The zero-order valence-electron chi connectivity index (χ0n) is 11.0. The van der Waals surface area contributed by atoms with Gasteiger partial charge in [-0.2, -0.15) is 0 Å². The Morgan fingerprint density at radius 2 is 1.05 bits per heavy atom. The molecule has 2 aromatic carbocycles. The van der Waals surface area contributed by atoms with Crippen LogP contribution in [0.15, 0.2) is 48.5 Å². The summed E-state index contributed by atoms with van der Waals surface area (Å²) in [4.78, 5) is 0. The summed E-state index contributed by atoms with van der Waals surface area (Å²) in [5.74, 6) is 1.73. The third kappa shape index (κ3) is 2.42. The first-order chi connectivity index (χ1) is 9.31. The van der Waals surface area contributed by atoms with Gasteiger partial charge in [-0.3, -0.25) is 0 Å². The third-order valence-electron chi connectivity index (χ3n) is 3.38.